The van der Waals surface area contributed by atoms with Crippen LogP contribution in [0.15, 0.2) is 58.7 Å². The molecule has 3 aliphatic rings. The van der Waals surface area contributed by atoms with Crippen molar-refractivity contribution in [2.24, 2.45) is 4.99 Å². The summed E-state index contributed by atoms with van der Waals surface area (Å²) in [5, 5.41) is 11.3. The van der Waals surface area contributed by atoms with Crippen LogP contribution in [-0.4, -0.2) is 93.7 Å². The van der Waals surface area contributed by atoms with Crippen molar-refractivity contribution in [1.29, 1.82) is 0 Å². The van der Waals surface area contributed by atoms with Gasteiger partial charge in [-0.1, -0.05) is 37.6 Å². The molecule has 3 N–H and O–H groups in total. The number of amidine groups is 1. The third-order valence-electron chi connectivity index (χ3n) is 8.83. The molecule has 0 radical (unpaired) electrons. The molecule has 0 aromatic heterocycles. The van der Waals surface area contributed by atoms with E-state index >= 15 is 0 Å². The summed E-state index contributed by atoms with van der Waals surface area (Å²) in [5.74, 6) is 1.27. The van der Waals surface area contributed by atoms with Gasteiger partial charge in [0.2, 0.25) is 0 Å². The van der Waals surface area contributed by atoms with Crippen LogP contribution < -0.4 is 30.9 Å². The number of rotatable bonds is 9. The van der Waals surface area contributed by atoms with Crippen molar-refractivity contribution < 1.29 is 9.30 Å². The molecule has 3 heterocycles. The minimum atomic E-state index is -2.51. The minimum Gasteiger partial charge on any atom is -0.495 e. The number of hydrogen-bond acceptors (Lipinski definition) is 9. The Balaban J connectivity index is 1.25. The van der Waals surface area contributed by atoms with Gasteiger partial charge in [0.05, 0.1) is 23.5 Å². The number of piperazine rings is 1. The molecule has 11 heteroatoms. The predicted octanol–water partition coefficient (Wildman–Crippen LogP) is 4.83. The Morgan fingerprint density at radius 1 is 1.02 bits per heavy atom. The van der Waals surface area contributed by atoms with Gasteiger partial charge in [-0.25, -0.2) is 4.99 Å². The molecule has 2 aromatic carbocycles. The standard InChI is InChI=1S/C31H45ClN7O2P/c1-5-42(40,6-2)29-10-8-7-9-27(29)34-30-25(32)22-33-31(36-30)35-26-12-11-24(21-28(26)41-4)38-15-13-23(14-16-38)39-19-17-37(3)18-20-39/h7-12,21-23,31,33,35H,5-6,13-20H2,1-4H3,(H,34,36). The smallest absolute Gasteiger partial charge is 0.196 e. The Morgan fingerprint density at radius 2 is 1.74 bits per heavy atom. The average molecular weight is 614 g/mol. The Labute approximate surface area is 255 Å². The van der Waals surface area contributed by atoms with Crippen molar-refractivity contribution in [2.75, 3.05) is 81.3 Å². The van der Waals surface area contributed by atoms with E-state index in [9.17, 15) is 4.57 Å². The molecule has 1 atom stereocenters. The average Bonchev–Trinajstić information content (AvgIpc) is 3.03. The SMILES string of the molecule is CCP(=O)(CC)c1ccccc1NC1=NC(Nc2ccc(N3CCC(N4CCN(C)CC4)CC3)cc2OC)NC=C1Cl. The monoisotopic (exact) mass is 613 g/mol. The first kappa shape index (κ1) is 30.7. The Kier molecular flexibility index (Phi) is 10.0. The van der Waals surface area contributed by atoms with Gasteiger partial charge in [0.15, 0.2) is 6.29 Å². The van der Waals surface area contributed by atoms with E-state index in [4.69, 9.17) is 21.3 Å². The second-order valence-corrected chi connectivity index (χ2v) is 15.2. The van der Waals surface area contributed by atoms with Crippen LogP contribution in [-0.2, 0) is 4.57 Å². The second-order valence-electron chi connectivity index (χ2n) is 11.3. The number of nitrogens with one attached hydrogen (secondary N) is 3. The number of anilines is 3. The molecule has 0 saturated carbocycles. The maximum absolute atomic E-state index is 13.5. The summed E-state index contributed by atoms with van der Waals surface area (Å²) in [6.45, 7) is 10.7. The zero-order valence-electron chi connectivity index (χ0n) is 25.3. The quantitative estimate of drug-likeness (QED) is 0.347. The van der Waals surface area contributed by atoms with E-state index in [0.717, 1.165) is 35.5 Å². The predicted molar refractivity (Wildman–Crippen MR) is 178 cm³/mol. The van der Waals surface area contributed by atoms with Crippen molar-refractivity contribution in [2.45, 2.75) is 39.0 Å². The normalized spacial score (nSPS) is 20.9. The van der Waals surface area contributed by atoms with Crippen LogP contribution in [0.1, 0.15) is 26.7 Å². The summed E-state index contributed by atoms with van der Waals surface area (Å²) in [6, 6.07) is 14.7. The van der Waals surface area contributed by atoms with Gasteiger partial charge in [-0.3, -0.25) is 4.90 Å². The molecular formula is C31H45ClN7O2P. The molecule has 2 aromatic rings. The lowest BCUT2D eigenvalue weighted by atomic mass is 10.0. The maximum atomic E-state index is 13.5. The van der Waals surface area contributed by atoms with E-state index in [2.05, 4.69) is 55.9 Å². The number of hydrogen-bond donors (Lipinski definition) is 3. The molecule has 0 amide bonds. The van der Waals surface area contributed by atoms with Gasteiger partial charge in [-0.05, 0) is 44.2 Å². The Bertz CT molecular complexity index is 1330. The van der Waals surface area contributed by atoms with Crippen LogP contribution in [0.5, 0.6) is 5.75 Å². The fourth-order valence-electron chi connectivity index (χ4n) is 6.06. The van der Waals surface area contributed by atoms with Crippen molar-refractivity contribution >= 4 is 46.9 Å². The number of para-hydroxylation sites is 1. The zero-order valence-corrected chi connectivity index (χ0v) is 26.9. The highest BCUT2D eigenvalue weighted by Crippen LogP contribution is 2.45. The molecule has 0 spiro atoms. The lowest BCUT2D eigenvalue weighted by Gasteiger charge is -2.42. The summed E-state index contributed by atoms with van der Waals surface area (Å²) in [7, 11) is 1.40. The molecule has 1 unspecified atom stereocenters. The highest BCUT2D eigenvalue weighted by atomic mass is 35.5. The fraction of sp³-hybridized carbons (Fsp3) is 0.516. The van der Waals surface area contributed by atoms with Gasteiger partial charge in [0.1, 0.15) is 18.7 Å². The van der Waals surface area contributed by atoms with Crippen LogP contribution >= 0.6 is 18.7 Å². The number of aliphatic imine (C=N–C) groups is 1. The molecule has 2 fully saturated rings. The minimum absolute atomic E-state index is 0.452. The van der Waals surface area contributed by atoms with Crippen LogP contribution in [0, 0.1) is 0 Å². The van der Waals surface area contributed by atoms with Gasteiger partial charge in [-0.2, -0.15) is 0 Å². The Hall–Kier alpha value is -2.71. The van der Waals surface area contributed by atoms with E-state index < -0.39 is 13.4 Å². The number of nitrogens with zero attached hydrogens (tertiary/aromatic N) is 4. The van der Waals surface area contributed by atoms with Crippen LogP contribution in [0.2, 0.25) is 0 Å². The molecule has 0 aliphatic carbocycles. The summed E-state index contributed by atoms with van der Waals surface area (Å²) in [4.78, 5) is 12.4. The van der Waals surface area contributed by atoms with Gasteiger partial charge in [-0.15, -0.1) is 0 Å². The van der Waals surface area contributed by atoms with Crippen LogP contribution in [0.25, 0.3) is 0 Å². The summed E-state index contributed by atoms with van der Waals surface area (Å²) < 4.78 is 19.3. The molecule has 2 saturated heterocycles. The second kappa shape index (κ2) is 13.7. The van der Waals surface area contributed by atoms with Gasteiger partial charge >= 0.3 is 0 Å². The molecule has 42 heavy (non-hydrogen) atoms. The lowest BCUT2D eigenvalue weighted by molar-refractivity contribution is 0.0982. The van der Waals surface area contributed by atoms with E-state index in [1.165, 1.54) is 44.7 Å². The third-order valence-corrected chi connectivity index (χ3v) is 12.4. The van der Waals surface area contributed by atoms with E-state index in [1.807, 2.05) is 38.1 Å². The van der Waals surface area contributed by atoms with Crippen molar-refractivity contribution in [1.82, 2.24) is 15.1 Å². The molecule has 9 nitrogen and oxygen atoms in total. The molecule has 228 valence electrons. The number of benzene rings is 2. The Morgan fingerprint density at radius 3 is 2.43 bits per heavy atom. The first-order valence-corrected chi connectivity index (χ1v) is 17.6. The lowest BCUT2D eigenvalue weighted by Crippen LogP contribution is -2.52. The van der Waals surface area contributed by atoms with Crippen molar-refractivity contribution in [3.8, 4) is 5.75 Å². The summed E-state index contributed by atoms with van der Waals surface area (Å²) in [5.41, 5.74) is 2.78. The molecule has 5 rings (SSSR count). The highest BCUT2D eigenvalue weighted by Gasteiger charge is 2.28. The van der Waals surface area contributed by atoms with E-state index in [1.54, 1.807) is 13.3 Å². The number of likely N-dealkylation sites (N-methyl/N-ethyl adjacent to an activating group) is 1. The summed E-state index contributed by atoms with van der Waals surface area (Å²) >= 11 is 6.54. The maximum Gasteiger partial charge on any atom is 0.196 e. The van der Waals surface area contributed by atoms with Gasteiger partial charge in [0.25, 0.3) is 0 Å². The highest BCUT2D eigenvalue weighted by molar-refractivity contribution is 7.71. The van der Waals surface area contributed by atoms with Crippen molar-refractivity contribution in [3.63, 3.8) is 0 Å². The zero-order chi connectivity index (χ0) is 29.7. The van der Waals surface area contributed by atoms with Crippen molar-refractivity contribution in [3.05, 3.63) is 53.7 Å². The molecule has 3 aliphatic heterocycles. The van der Waals surface area contributed by atoms with E-state index in [0.29, 0.717) is 29.2 Å². The number of methoxy groups -OCH3 is 1. The van der Waals surface area contributed by atoms with Gasteiger partial charge in [0, 0.05) is 80.9 Å². The first-order chi connectivity index (χ1) is 20.3. The molecular weight excluding hydrogens is 569 g/mol. The number of piperidine rings is 1. The van der Waals surface area contributed by atoms with Gasteiger partial charge < -0.3 is 35.1 Å². The molecule has 0 bridgehead atoms. The third kappa shape index (κ3) is 6.91. The summed E-state index contributed by atoms with van der Waals surface area (Å²) in [6.07, 6.45) is 4.84. The van der Waals surface area contributed by atoms with Crippen LogP contribution in [0.3, 0.4) is 0 Å². The van der Waals surface area contributed by atoms with Crippen LogP contribution in [0.4, 0.5) is 17.1 Å². The topological polar surface area (TPSA) is 84.5 Å². The van der Waals surface area contributed by atoms with E-state index in [-0.39, 0.29) is 0 Å². The fourth-order valence-corrected chi connectivity index (χ4v) is 8.28. The largest absolute Gasteiger partial charge is 0.495 e. The number of halogens is 1. The number of ether oxygens (including phenoxy) is 1. The first-order valence-electron chi connectivity index (χ1n) is 15.1.